The van der Waals surface area contributed by atoms with E-state index in [-0.39, 0.29) is 12.1 Å². The Morgan fingerprint density at radius 2 is 1.70 bits per heavy atom. The van der Waals surface area contributed by atoms with Crippen LogP contribution in [0.4, 0.5) is 5.69 Å². The van der Waals surface area contributed by atoms with Crippen molar-refractivity contribution in [1.82, 2.24) is 0 Å². The molecule has 0 fully saturated rings. The van der Waals surface area contributed by atoms with Gasteiger partial charge in [-0.1, -0.05) is 48.9 Å². The summed E-state index contributed by atoms with van der Waals surface area (Å²) in [6, 6.07) is 17.8. The number of hydrogen-bond donors (Lipinski definition) is 2. The van der Waals surface area contributed by atoms with E-state index in [1.54, 1.807) is 0 Å². The first-order chi connectivity index (χ1) is 9.67. The van der Waals surface area contributed by atoms with Crippen molar-refractivity contribution in [1.29, 1.82) is 0 Å². The molecule has 2 aromatic rings. The van der Waals surface area contributed by atoms with Gasteiger partial charge in [-0.15, -0.1) is 0 Å². The number of aliphatic hydroxyl groups excluding tert-OH is 1. The molecular weight excluding hydrogens is 270 g/mol. The van der Waals surface area contributed by atoms with Crippen molar-refractivity contribution >= 4 is 17.3 Å². The van der Waals surface area contributed by atoms with Crippen molar-refractivity contribution in [3.8, 4) is 0 Å². The minimum Gasteiger partial charge on any atom is -0.394 e. The highest BCUT2D eigenvalue weighted by Gasteiger charge is 2.27. The van der Waals surface area contributed by atoms with Crippen molar-refractivity contribution in [3.05, 3.63) is 65.2 Å². The number of hydrogen-bond acceptors (Lipinski definition) is 2. The van der Waals surface area contributed by atoms with Crippen LogP contribution in [0.3, 0.4) is 0 Å². The molecule has 0 saturated heterocycles. The molecule has 0 saturated carbocycles. The molecule has 0 spiro atoms. The quantitative estimate of drug-likeness (QED) is 0.838. The highest BCUT2D eigenvalue weighted by Crippen LogP contribution is 2.24. The van der Waals surface area contributed by atoms with E-state index in [1.165, 1.54) is 5.56 Å². The maximum atomic E-state index is 9.87. The first-order valence-electron chi connectivity index (χ1n) is 6.86. The van der Waals surface area contributed by atoms with Gasteiger partial charge in [-0.3, -0.25) is 0 Å². The fourth-order valence-electron chi connectivity index (χ4n) is 2.29. The van der Waals surface area contributed by atoms with Crippen LogP contribution in [0, 0.1) is 0 Å². The molecule has 2 aromatic carbocycles. The Kier molecular flexibility index (Phi) is 5.05. The Labute approximate surface area is 125 Å². The second-order valence-electron chi connectivity index (χ2n) is 5.09. The number of rotatable bonds is 6. The van der Waals surface area contributed by atoms with Gasteiger partial charge in [-0.2, -0.15) is 0 Å². The van der Waals surface area contributed by atoms with Gasteiger partial charge in [0.05, 0.1) is 12.1 Å². The van der Waals surface area contributed by atoms with Gasteiger partial charge < -0.3 is 10.4 Å². The van der Waals surface area contributed by atoms with Crippen LogP contribution in [0.2, 0.25) is 5.02 Å². The highest BCUT2D eigenvalue weighted by atomic mass is 35.5. The van der Waals surface area contributed by atoms with Gasteiger partial charge >= 0.3 is 0 Å². The lowest BCUT2D eigenvalue weighted by Crippen LogP contribution is -2.43. The normalized spacial score (nSPS) is 13.8. The number of benzene rings is 2. The largest absolute Gasteiger partial charge is 0.394 e. The summed E-state index contributed by atoms with van der Waals surface area (Å²) in [5.41, 5.74) is 1.83. The van der Waals surface area contributed by atoms with Crippen LogP contribution >= 0.6 is 11.6 Å². The number of halogens is 1. The van der Waals surface area contributed by atoms with Gasteiger partial charge in [0, 0.05) is 10.7 Å². The van der Waals surface area contributed by atoms with E-state index in [1.807, 2.05) is 42.5 Å². The number of anilines is 1. The van der Waals surface area contributed by atoms with Crippen molar-refractivity contribution in [2.75, 3.05) is 11.9 Å². The SMILES string of the molecule is CCC(CO)(Cc1ccccc1)Nc1ccc(Cl)cc1. The molecule has 1 atom stereocenters. The summed E-state index contributed by atoms with van der Waals surface area (Å²) in [5.74, 6) is 0. The summed E-state index contributed by atoms with van der Waals surface area (Å²) < 4.78 is 0. The Morgan fingerprint density at radius 3 is 2.25 bits per heavy atom. The van der Waals surface area contributed by atoms with E-state index < -0.39 is 0 Å². The lowest BCUT2D eigenvalue weighted by molar-refractivity contribution is 0.205. The minimum atomic E-state index is -0.352. The van der Waals surface area contributed by atoms with Crippen LogP contribution in [0.15, 0.2) is 54.6 Å². The van der Waals surface area contributed by atoms with E-state index in [4.69, 9.17) is 11.6 Å². The molecular formula is C17H20ClNO. The Bertz CT molecular complexity index is 520. The maximum absolute atomic E-state index is 9.87. The predicted molar refractivity (Wildman–Crippen MR) is 85.3 cm³/mol. The van der Waals surface area contributed by atoms with Crippen LogP contribution in [0.5, 0.6) is 0 Å². The second-order valence-corrected chi connectivity index (χ2v) is 5.52. The monoisotopic (exact) mass is 289 g/mol. The molecule has 0 aliphatic rings. The van der Waals surface area contributed by atoms with Crippen molar-refractivity contribution in [2.45, 2.75) is 25.3 Å². The van der Waals surface area contributed by atoms with Crippen molar-refractivity contribution in [2.24, 2.45) is 0 Å². The minimum absolute atomic E-state index is 0.0843. The molecule has 0 bridgehead atoms. The average Bonchev–Trinajstić information content (AvgIpc) is 2.50. The summed E-state index contributed by atoms with van der Waals surface area (Å²) >= 11 is 5.90. The molecule has 0 heterocycles. The third-order valence-electron chi connectivity index (χ3n) is 3.62. The summed E-state index contributed by atoms with van der Waals surface area (Å²) in [6.07, 6.45) is 1.62. The zero-order valence-electron chi connectivity index (χ0n) is 11.6. The smallest absolute Gasteiger partial charge is 0.0664 e. The summed E-state index contributed by atoms with van der Waals surface area (Å²) in [5, 5.41) is 14.0. The second kappa shape index (κ2) is 6.78. The van der Waals surface area contributed by atoms with Gasteiger partial charge in [0.15, 0.2) is 0 Å². The first kappa shape index (κ1) is 14.9. The van der Waals surface area contributed by atoms with Crippen LogP contribution < -0.4 is 5.32 Å². The summed E-state index contributed by atoms with van der Waals surface area (Å²) in [4.78, 5) is 0. The predicted octanol–water partition coefficient (Wildman–Crippen LogP) is 4.14. The molecule has 1 unspecified atom stereocenters. The Morgan fingerprint density at radius 1 is 1.05 bits per heavy atom. The van der Waals surface area contributed by atoms with Gasteiger partial charge in [0.1, 0.15) is 0 Å². The molecule has 0 amide bonds. The number of nitrogens with one attached hydrogen (secondary N) is 1. The van der Waals surface area contributed by atoms with Gasteiger partial charge in [-0.05, 0) is 42.7 Å². The molecule has 2 N–H and O–H groups in total. The molecule has 3 heteroatoms. The zero-order valence-corrected chi connectivity index (χ0v) is 12.4. The van der Waals surface area contributed by atoms with Crippen LogP contribution in [-0.4, -0.2) is 17.3 Å². The Balaban J connectivity index is 2.18. The molecule has 0 aliphatic heterocycles. The van der Waals surface area contributed by atoms with Crippen LogP contribution in [0.25, 0.3) is 0 Å². The topological polar surface area (TPSA) is 32.3 Å². The molecule has 0 aromatic heterocycles. The lowest BCUT2D eigenvalue weighted by atomic mass is 9.88. The van der Waals surface area contributed by atoms with Crippen molar-refractivity contribution < 1.29 is 5.11 Å². The maximum Gasteiger partial charge on any atom is 0.0664 e. The van der Waals surface area contributed by atoms with Crippen molar-refractivity contribution in [3.63, 3.8) is 0 Å². The van der Waals surface area contributed by atoms with E-state index in [0.717, 1.165) is 18.5 Å². The average molecular weight is 290 g/mol. The lowest BCUT2D eigenvalue weighted by Gasteiger charge is -2.33. The molecule has 0 aliphatic carbocycles. The third-order valence-corrected chi connectivity index (χ3v) is 3.87. The van der Waals surface area contributed by atoms with E-state index in [0.29, 0.717) is 5.02 Å². The Hall–Kier alpha value is -1.51. The highest BCUT2D eigenvalue weighted by molar-refractivity contribution is 6.30. The zero-order chi connectivity index (χ0) is 14.4. The molecule has 0 radical (unpaired) electrons. The van der Waals surface area contributed by atoms with E-state index >= 15 is 0 Å². The first-order valence-corrected chi connectivity index (χ1v) is 7.24. The fourth-order valence-corrected chi connectivity index (χ4v) is 2.42. The molecule has 2 rings (SSSR count). The third kappa shape index (κ3) is 3.75. The van der Waals surface area contributed by atoms with Crippen LogP contribution in [0.1, 0.15) is 18.9 Å². The fraction of sp³-hybridized carbons (Fsp3) is 0.294. The standard InChI is InChI=1S/C17H20ClNO/c1-2-17(13-20,12-14-6-4-3-5-7-14)19-16-10-8-15(18)9-11-16/h3-11,19-20H,2,12-13H2,1H3. The van der Waals surface area contributed by atoms with Gasteiger partial charge in [-0.25, -0.2) is 0 Å². The summed E-state index contributed by atoms with van der Waals surface area (Å²) in [7, 11) is 0. The van der Waals surface area contributed by atoms with E-state index in [2.05, 4.69) is 24.4 Å². The van der Waals surface area contributed by atoms with E-state index in [9.17, 15) is 5.11 Å². The molecule has 20 heavy (non-hydrogen) atoms. The summed E-state index contributed by atoms with van der Waals surface area (Å²) in [6.45, 7) is 2.17. The van der Waals surface area contributed by atoms with Crippen LogP contribution in [-0.2, 0) is 6.42 Å². The van der Waals surface area contributed by atoms with Gasteiger partial charge in [0.25, 0.3) is 0 Å². The molecule has 106 valence electrons. The van der Waals surface area contributed by atoms with Gasteiger partial charge in [0.2, 0.25) is 0 Å². The molecule has 2 nitrogen and oxygen atoms in total. The number of aliphatic hydroxyl groups is 1.